The molecule has 5 heteroatoms. The second-order valence-electron chi connectivity index (χ2n) is 5.03. The highest BCUT2D eigenvalue weighted by atomic mass is 16.5. The fraction of sp³-hybridized carbons (Fsp3) is 0.250. The number of rotatable bonds is 5. The van der Waals surface area contributed by atoms with Gasteiger partial charge in [-0.1, -0.05) is 6.58 Å². The van der Waals surface area contributed by atoms with Gasteiger partial charge in [-0.05, 0) is 43.2 Å². The highest BCUT2D eigenvalue weighted by Crippen LogP contribution is 2.40. The van der Waals surface area contributed by atoms with Gasteiger partial charge in [0.1, 0.15) is 11.6 Å². The zero-order chi connectivity index (χ0) is 14.8. The molecule has 1 aliphatic carbocycles. The van der Waals surface area contributed by atoms with Crippen LogP contribution in [0, 0.1) is 0 Å². The Morgan fingerprint density at radius 3 is 2.71 bits per heavy atom. The molecule has 1 aromatic carbocycles. The number of nitrogens with zero attached hydrogens (tertiary/aromatic N) is 2. The SMILES string of the molecule is C=CC(=O)Nc1cc(C2CC2)nn1-c1ccc(OC)cc1. The van der Waals surface area contributed by atoms with Crippen molar-refractivity contribution in [2.75, 3.05) is 12.4 Å². The van der Waals surface area contributed by atoms with E-state index in [4.69, 9.17) is 4.74 Å². The summed E-state index contributed by atoms with van der Waals surface area (Å²) in [5.41, 5.74) is 1.90. The number of benzene rings is 1. The second-order valence-corrected chi connectivity index (χ2v) is 5.03. The molecular weight excluding hydrogens is 266 g/mol. The molecule has 0 aliphatic heterocycles. The van der Waals surface area contributed by atoms with Crippen LogP contribution in [0.25, 0.3) is 5.69 Å². The van der Waals surface area contributed by atoms with Crippen molar-refractivity contribution in [3.63, 3.8) is 0 Å². The summed E-state index contributed by atoms with van der Waals surface area (Å²) in [6.45, 7) is 3.48. The number of anilines is 1. The van der Waals surface area contributed by atoms with E-state index in [1.807, 2.05) is 30.3 Å². The summed E-state index contributed by atoms with van der Waals surface area (Å²) < 4.78 is 6.90. The molecule has 1 saturated carbocycles. The fourth-order valence-electron chi connectivity index (χ4n) is 2.16. The van der Waals surface area contributed by atoms with E-state index < -0.39 is 0 Å². The van der Waals surface area contributed by atoms with E-state index in [1.54, 1.807) is 11.8 Å². The summed E-state index contributed by atoms with van der Waals surface area (Å²) in [7, 11) is 1.63. The Hall–Kier alpha value is -2.56. The van der Waals surface area contributed by atoms with Crippen LogP contribution in [0.4, 0.5) is 5.82 Å². The Labute approximate surface area is 123 Å². The maximum absolute atomic E-state index is 11.6. The number of hydrogen-bond acceptors (Lipinski definition) is 3. The highest BCUT2D eigenvalue weighted by Gasteiger charge is 2.27. The van der Waals surface area contributed by atoms with Gasteiger partial charge in [0, 0.05) is 12.0 Å². The topological polar surface area (TPSA) is 56.2 Å². The lowest BCUT2D eigenvalue weighted by molar-refractivity contribution is -0.111. The summed E-state index contributed by atoms with van der Waals surface area (Å²) in [5, 5.41) is 7.41. The van der Waals surface area contributed by atoms with Crippen LogP contribution in [-0.4, -0.2) is 22.8 Å². The standard InChI is InChI=1S/C16H17N3O2/c1-3-16(20)17-15-10-14(11-4-5-11)18-19(15)12-6-8-13(21-2)9-7-12/h3,6-11H,1,4-5H2,2H3,(H,17,20). The molecule has 2 aromatic rings. The lowest BCUT2D eigenvalue weighted by Crippen LogP contribution is -2.11. The van der Waals surface area contributed by atoms with Gasteiger partial charge in [0.2, 0.25) is 5.91 Å². The molecule has 1 aliphatic rings. The van der Waals surface area contributed by atoms with E-state index in [0.29, 0.717) is 11.7 Å². The van der Waals surface area contributed by atoms with Gasteiger partial charge < -0.3 is 10.1 Å². The minimum Gasteiger partial charge on any atom is -0.497 e. The number of amides is 1. The van der Waals surface area contributed by atoms with Crippen molar-refractivity contribution in [1.82, 2.24) is 9.78 Å². The Morgan fingerprint density at radius 2 is 2.14 bits per heavy atom. The number of carbonyl (C=O) groups excluding carboxylic acids is 1. The monoisotopic (exact) mass is 283 g/mol. The minimum atomic E-state index is -0.244. The van der Waals surface area contributed by atoms with Crippen LogP contribution in [0.1, 0.15) is 24.5 Å². The number of hydrogen-bond donors (Lipinski definition) is 1. The lowest BCUT2D eigenvalue weighted by atomic mass is 10.3. The molecule has 5 nitrogen and oxygen atoms in total. The Balaban J connectivity index is 1.97. The minimum absolute atomic E-state index is 0.244. The van der Waals surface area contributed by atoms with Gasteiger partial charge in [-0.3, -0.25) is 4.79 Å². The molecule has 1 amide bonds. The summed E-state index contributed by atoms with van der Waals surface area (Å²) in [5.74, 6) is 1.72. The summed E-state index contributed by atoms with van der Waals surface area (Å²) >= 11 is 0. The summed E-state index contributed by atoms with van der Waals surface area (Å²) in [4.78, 5) is 11.6. The van der Waals surface area contributed by atoms with Crippen LogP contribution in [0.15, 0.2) is 43.0 Å². The second kappa shape index (κ2) is 5.44. The first kappa shape index (κ1) is 13.4. The summed E-state index contributed by atoms with van der Waals surface area (Å²) in [6.07, 6.45) is 3.57. The van der Waals surface area contributed by atoms with Gasteiger partial charge in [-0.15, -0.1) is 0 Å². The van der Waals surface area contributed by atoms with E-state index in [1.165, 1.54) is 6.08 Å². The smallest absolute Gasteiger partial charge is 0.248 e. The van der Waals surface area contributed by atoms with Crippen LogP contribution in [0.2, 0.25) is 0 Å². The van der Waals surface area contributed by atoms with E-state index in [-0.39, 0.29) is 5.91 Å². The molecule has 0 bridgehead atoms. The zero-order valence-electron chi connectivity index (χ0n) is 11.9. The van der Waals surface area contributed by atoms with Crippen molar-refractivity contribution in [2.24, 2.45) is 0 Å². The van der Waals surface area contributed by atoms with Crippen molar-refractivity contribution in [1.29, 1.82) is 0 Å². The lowest BCUT2D eigenvalue weighted by Gasteiger charge is -2.08. The number of carbonyl (C=O) groups is 1. The van der Waals surface area contributed by atoms with E-state index in [2.05, 4.69) is 17.0 Å². The normalized spacial score (nSPS) is 13.8. The first-order valence-corrected chi connectivity index (χ1v) is 6.89. The van der Waals surface area contributed by atoms with E-state index in [0.717, 1.165) is 30.0 Å². The van der Waals surface area contributed by atoms with E-state index >= 15 is 0 Å². The molecule has 1 heterocycles. The van der Waals surface area contributed by atoms with E-state index in [9.17, 15) is 4.79 Å². The van der Waals surface area contributed by atoms with Gasteiger partial charge >= 0.3 is 0 Å². The van der Waals surface area contributed by atoms with Gasteiger partial charge in [0.05, 0.1) is 18.5 Å². The molecule has 108 valence electrons. The first-order chi connectivity index (χ1) is 10.2. The molecular formula is C16H17N3O2. The molecule has 0 spiro atoms. The van der Waals surface area contributed by atoms with Gasteiger partial charge in [-0.25, -0.2) is 4.68 Å². The zero-order valence-corrected chi connectivity index (χ0v) is 11.9. The predicted molar refractivity (Wildman–Crippen MR) is 80.9 cm³/mol. The third-order valence-corrected chi connectivity index (χ3v) is 3.48. The summed E-state index contributed by atoms with van der Waals surface area (Å²) in [6, 6.07) is 9.49. The first-order valence-electron chi connectivity index (χ1n) is 6.89. The molecule has 1 N–H and O–H groups in total. The van der Waals surface area contributed by atoms with Gasteiger partial charge in [-0.2, -0.15) is 5.10 Å². The maximum atomic E-state index is 11.6. The third kappa shape index (κ3) is 2.81. The van der Waals surface area contributed by atoms with Crippen LogP contribution in [-0.2, 0) is 4.79 Å². The van der Waals surface area contributed by atoms with Crippen molar-refractivity contribution < 1.29 is 9.53 Å². The average Bonchev–Trinajstić information content (AvgIpc) is 3.29. The molecule has 1 aromatic heterocycles. The number of aromatic nitrogens is 2. The van der Waals surface area contributed by atoms with Crippen molar-refractivity contribution in [2.45, 2.75) is 18.8 Å². The largest absolute Gasteiger partial charge is 0.497 e. The Morgan fingerprint density at radius 1 is 1.43 bits per heavy atom. The molecule has 3 rings (SSSR count). The molecule has 0 saturated heterocycles. The number of ether oxygens (including phenoxy) is 1. The molecule has 1 fully saturated rings. The van der Waals surface area contributed by atoms with Gasteiger partial charge in [0.15, 0.2) is 0 Å². The number of nitrogens with one attached hydrogen (secondary N) is 1. The Kier molecular flexibility index (Phi) is 3.48. The van der Waals surface area contributed by atoms with Crippen LogP contribution in [0.3, 0.4) is 0 Å². The third-order valence-electron chi connectivity index (χ3n) is 3.48. The van der Waals surface area contributed by atoms with Gasteiger partial charge in [0.25, 0.3) is 0 Å². The molecule has 0 radical (unpaired) electrons. The highest BCUT2D eigenvalue weighted by molar-refractivity contribution is 5.98. The Bertz CT molecular complexity index is 669. The quantitative estimate of drug-likeness (QED) is 0.858. The van der Waals surface area contributed by atoms with Crippen LogP contribution in [0.5, 0.6) is 5.75 Å². The van der Waals surface area contributed by atoms with Crippen LogP contribution >= 0.6 is 0 Å². The van der Waals surface area contributed by atoms with Crippen molar-refractivity contribution in [3.8, 4) is 11.4 Å². The van der Waals surface area contributed by atoms with Crippen molar-refractivity contribution >= 4 is 11.7 Å². The van der Waals surface area contributed by atoms with Crippen molar-refractivity contribution in [3.05, 3.63) is 48.7 Å². The molecule has 21 heavy (non-hydrogen) atoms. The number of methoxy groups -OCH3 is 1. The molecule has 0 unspecified atom stereocenters. The predicted octanol–water partition coefficient (Wildman–Crippen LogP) is 2.88. The molecule has 0 atom stereocenters. The maximum Gasteiger partial charge on any atom is 0.248 e. The fourth-order valence-corrected chi connectivity index (χ4v) is 2.16. The average molecular weight is 283 g/mol. The van der Waals surface area contributed by atoms with Crippen LogP contribution < -0.4 is 10.1 Å².